The van der Waals surface area contributed by atoms with Crippen LogP contribution in [-0.4, -0.2) is 71.0 Å². The van der Waals surface area contributed by atoms with Gasteiger partial charge in [0.1, 0.15) is 11.9 Å². The molecular formula is C30H39NO8. The van der Waals surface area contributed by atoms with E-state index in [-0.39, 0.29) is 12.2 Å². The fourth-order valence-electron chi connectivity index (χ4n) is 4.33. The summed E-state index contributed by atoms with van der Waals surface area (Å²) in [5.74, 6) is -2.35. The average molecular weight is 542 g/mol. The summed E-state index contributed by atoms with van der Waals surface area (Å²) in [5.41, 5.74) is 2.33. The van der Waals surface area contributed by atoms with Crippen LogP contribution in [0.1, 0.15) is 62.2 Å². The number of hydrogen-bond donors (Lipinski definition) is 3. The number of likely N-dealkylation sites (tertiary alicyclic amines) is 1. The van der Waals surface area contributed by atoms with Crippen molar-refractivity contribution in [2.75, 3.05) is 26.7 Å². The molecule has 1 heterocycles. The van der Waals surface area contributed by atoms with E-state index in [1.54, 1.807) is 7.11 Å². The van der Waals surface area contributed by atoms with E-state index in [0.29, 0.717) is 18.6 Å². The zero-order valence-electron chi connectivity index (χ0n) is 22.4. The SMILES string of the molecule is COc1ccc(C(OC2CCN(CCCCCCC(=O)O)CC2)c2ccccc2)cc1.O=C(O)/C=C/C(=O)O. The number of unbranched alkanes of at least 4 members (excludes halogenated alkanes) is 3. The molecule has 3 rings (SSSR count). The molecule has 0 aromatic heterocycles. The van der Waals surface area contributed by atoms with Crippen molar-refractivity contribution in [1.82, 2.24) is 4.90 Å². The minimum absolute atomic E-state index is 0.0714. The second-order valence-electron chi connectivity index (χ2n) is 9.31. The molecule has 1 aliphatic heterocycles. The van der Waals surface area contributed by atoms with Crippen LogP contribution in [0.15, 0.2) is 66.7 Å². The maximum Gasteiger partial charge on any atom is 0.328 e. The van der Waals surface area contributed by atoms with Gasteiger partial charge in [0, 0.05) is 31.7 Å². The Bertz CT molecular complexity index is 1010. The molecule has 0 amide bonds. The maximum absolute atomic E-state index is 10.6. The van der Waals surface area contributed by atoms with Crippen molar-refractivity contribution < 1.29 is 39.2 Å². The molecule has 1 unspecified atom stereocenters. The number of nitrogens with zero attached hydrogens (tertiary/aromatic N) is 1. The van der Waals surface area contributed by atoms with Gasteiger partial charge in [-0.25, -0.2) is 9.59 Å². The Morgan fingerprint density at radius 1 is 0.846 bits per heavy atom. The van der Waals surface area contributed by atoms with Gasteiger partial charge >= 0.3 is 17.9 Å². The average Bonchev–Trinajstić information content (AvgIpc) is 2.94. The summed E-state index contributed by atoms with van der Waals surface area (Å²) in [5, 5.41) is 24.3. The smallest absolute Gasteiger partial charge is 0.328 e. The predicted molar refractivity (Wildman–Crippen MR) is 147 cm³/mol. The summed E-state index contributed by atoms with van der Waals surface area (Å²) >= 11 is 0. The second kappa shape index (κ2) is 17.8. The second-order valence-corrected chi connectivity index (χ2v) is 9.31. The maximum atomic E-state index is 10.6. The van der Waals surface area contributed by atoms with Crippen LogP contribution in [0.3, 0.4) is 0 Å². The number of methoxy groups -OCH3 is 1. The van der Waals surface area contributed by atoms with Crippen LogP contribution in [0.2, 0.25) is 0 Å². The zero-order valence-corrected chi connectivity index (χ0v) is 22.4. The van der Waals surface area contributed by atoms with Crippen LogP contribution in [0, 0.1) is 0 Å². The van der Waals surface area contributed by atoms with E-state index in [1.807, 2.05) is 18.2 Å². The van der Waals surface area contributed by atoms with Gasteiger partial charge in [-0.15, -0.1) is 0 Å². The van der Waals surface area contributed by atoms with E-state index in [9.17, 15) is 14.4 Å². The lowest BCUT2D eigenvalue weighted by Gasteiger charge is -2.34. The summed E-state index contributed by atoms with van der Waals surface area (Å²) in [6.45, 7) is 3.22. The van der Waals surface area contributed by atoms with Gasteiger partial charge in [-0.1, -0.05) is 55.3 Å². The number of carboxylic acids is 3. The van der Waals surface area contributed by atoms with E-state index in [2.05, 4.69) is 41.3 Å². The molecule has 0 radical (unpaired) electrons. The third-order valence-corrected chi connectivity index (χ3v) is 6.37. The first-order valence-electron chi connectivity index (χ1n) is 13.2. The molecule has 0 aliphatic carbocycles. The number of ether oxygens (including phenoxy) is 2. The Morgan fingerprint density at radius 3 is 1.95 bits per heavy atom. The topological polar surface area (TPSA) is 134 Å². The van der Waals surface area contributed by atoms with Crippen LogP contribution in [0.5, 0.6) is 5.75 Å². The van der Waals surface area contributed by atoms with Crippen molar-refractivity contribution in [1.29, 1.82) is 0 Å². The van der Waals surface area contributed by atoms with Gasteiger partial charge in [0.05, 0.1) is 13.2 Å². The van der Waals surface area contributed by atoms with Crippen molar-refractivity contribution in [3.05, 3.63) is 77.9 Å². The summed E-state index contributed by atoms with van der Waals surface area (Å²) in [6.07, 6.45) is 7.71. The first kappa shape index (κ1) is 31.5. The molecule has 2 aromatic carbocycles. The highest BCUT2D eigenvalue weighted by atomic mass is 16.5. The molecule has 1 atom stereocenters. The Labute approximate surface area is 229 Å². The fraction of sp³-hybridized carbons (Fsp3) is 0.433. The van der Waals surface area contributed by atoms with Crippen LogP contribution >= 0.6 is 0 Å². The summed E-state index contributed by atoms with van der Waals surface area (Å²) < 4.78 is 12.0. The molecule has 9 heteroatoms. The van der Waals surface area contributed by atoms with Gasteiger partial charge in [0.2, 0.25) is 0 Å². The van der Waals surface area contributed by atoms with E-state index in [1.165, 1.54) is 5.56 Å². The quantitative estimate of drug-likeness (QED) is 0.223. The highest BCUT2D eigenvalue weighted by molar-refractivity contribution is 5.89. The van der Waals surface area contributed by atoms with E-state index < -0.39 is 17.9 Å². The van der Waals surface area contributed by atoms with Gasteiger partial charge in [-0.05, 0) is 55.5 Å². The number of rotatable bonds is 14. The number of aliphatic carboxylic acids is 3. The standard InChI is InChI=1S/C26H35NO4.C4H4O4/c1-30-23-14-12-22(13-15-23)26(21-9-5-4-6-10-21)31-24-16-19-27(20-17-24)18-8-3-2-7-11-25(28)29;5-3(6)1-2-4(7)8/h4-6,9-10,12-15,24,26H,2-3,7-8,11,16-20H2,1H3,(H,28,29);1-2H,(H,5,6)(H,7,8)/b;2-1+. The molecule has 3 N–H and O–H groups in total. The Kier molecular flexibility index (Phi) is 14.3. The first-order valence-corrected chi connectivity index (χ1v) is 13.2. The molecule has 1 aliphatic rings. The summed E-state index contributed by atoms with van der Waals surface area (Å²) in [7, 11) is 1.68. The normalized spacial score (nSPS) is 14.8. The van der Waals surface area contributed by atoms with Gasteiger partial charge in [-0.3, -0.25) is 4.79 Å². The van der Waals surface area contributed by atoms with Crippen molar-refractivity contribution in [3.63, 3.8) is 0 Å². The molecule has 1 fully saturated rings. The lowest BCUT2D eigenvalue weighted by Crippen LogP contribution is -2.38. The monoisotopic (exact) mass is 541 g/mol. The number of carboxylic acid groups (broad SMARTS) is 3. The largest absolute Gasteiger partial charge is 0.497 e. The van der Waals surface area contributed by atoms with Crippen molar-refractivity contribution in [2.45, 2.75) is 57.2 Å². The first-order chi connectivity index (χ1) is 18.8. The van der Waals surface area contributed by atoms with Gasteiger partial charge < -0.3 is 29.7 Å². The molecule has 0 bridgehead atoms. The van der Waals surface area contributed by atoms with Crippen LogP contribution in [0.4, 0.5) is 0 Å². The number of hydrogen-bond acceptors (Lipinski definition) is 6. The third kappa shape index (κ3) is 13.1. The molecule has 39 heavy (non-hydrogen) atoms. The van der Waals surface area contributed by atoms with Gasteiger partial charge in [0.15, 0.2) is 0 Å². The molecule has 0 spiro atoms. The minimum Gasteiger partial charge on any atom is -0.497 e. The third-order valence-electron chi connectivity index (χ3n) is 6.37. The van der Waals surface area contributed by atoms with E-state index in [4.69, 9.17) is 24.8 Å². The summed E-state index contributed by atoms with van der Waals surface area (Å²) in [6, 6.07) is 18.6. The molecule has 2 aromatic rings. The Morgan fingerprint density at radius 2 is 1.41 bits per heavy atom. The number of carbonyl (C=O) groups is 3. The lowest BCUT2D eigenvalue weighted by atomic mass is 10.00. The highest BCUT2D eigenvalue weighted by Crippen LogP contribution is 2.31. The van der Waals surface area contributed by atoms with E-state index >= 15 is 0 Å². The molecular weight excluding hydrogens is 502 g/mol. The highest BCUT2D eigenvalue weighted by Gasteiger charge is 2.24. The molecule has 0 saturated carbocycles. The van der Waals surface area contributed by atoms with Crippen LogP contribution < -0.4 is 4.74 Å². The molecule has 9 nitrogen and oxygen atoms in total. The van der Waals surface area contributed by atoms with E-state index in [0.717, 1.165) is 69.5 Å². The molecule has 212 valence electrons. The Balaban J connectivity index is 0.000000580. The van der Waals surface area contributed by atoms with Crippen molar-refractivity contribution in [3.8, 4) is 5.75 Å². The van der Waals surface area contributed by atoms with Gasteiger partial charge in [0.25, 0.3) is 0 Å². The minimum atomic E-state index is -1.26. The fourth-order valence-corrected chi connectivity index (χ4v) is 4.33. The zero-order chi connectivity index (χ0) is 28.5. The van der Waals surface area contributed by atoms with Crippen molar-refractivity contribution >= 4 is 17.9 Å². The number of benzene rings is 2. The van der Waals surface area contributed by atoms with Crippen LogP contribution in [0.25, 0.3) is 0 Å². The number of piperidine rings is 1. The molecule has 1 saturated heterocycles. The Hall–Kier alpha value is -3.69. The predicted octanol–water partition coefficient (Wildman–Crippen LogP) is 5.01. The van der Waals surface area contributed by atoms with Crippen molar-refractivity contribution in [2.24, 2.45) is 0 Å². The summed E-state index contributed by atoms with van der Waals surface area (Å²) in [4.78, 5) is 32.2. The lowest BCUT2D eigenvalue weighted by molar-refractivity contribution is -0.137. The van der Waals surface area contributed by atoms with Gasteiger partial charge in [-0.2, -0.15) is 0 Å². The van der Waals surface area contributed by atoms with Crippen LogP contribution in [-0.2, 0) is 19.1 Å².